The number of carbonyl (C=O) groups is 1. The maximum absolute atomic E-state index is 12.0. The summed E-state index contributed by atoms with van der Waals surface area (Å²) in [6.07, 6.45) is 2.68. The van der Waals surface area contributed by atoms with Crippen molar-refractivity contribution >= 4 is 11.5 Å². The van der Waals surface area contributed by atoms with Gasteiger partial charge in [0.25, 0.3) is 0 Å². The molecule has 2 rings (SSSR count). The number of anilines is 1. The molecule has 0 radical (unpaired) electrons. The van der Waals surface area contributed by atoms with Crippen molar-refractivity contribution in [3.63, 3.8) is 0 Å². The number of aryl methyl sites for hydroxylation is 2. The molecule has 18 heavy (non-hydrogen) atoms. The third kappa shape index (κ3) is 2.74. The van der Waals surface area contributed by atoms with Crippen molar-refractivity contribution in [3.05, 3.63) is 41.7 Å². The molecule has 0 saturated carbocycles. The topological polar surface area (TPSA) is 73.8 Å². The lowest BCUT2D eigenvalue weighted by atomic mass is 10.1. The van der Waals surface area contributed by atoms with Gasteiger partial charge in [0.15, 0.2) is 5.78 Å². The van der Waals surface area contributed by atoms with Crippen molar-refractivity contribution in [1.29, 1.82) is 0 Å². The van der Waals surface area contributed by atoms with Crippen LogP contribution in [0.5, 0.6) is 0 Å². The van der Waals surface area contributed by atoms with Gasteiger partial charge in [0.2, 0.25) is 0 Å². The van der Waals surface area contributed by atoms with E-state index in [1.807, 2.05) is 31.2 Å². The highest BCUT2D eigenvalue weighted by Crippen LogP contribution is 2.10. The van der Waals surface area contributed by atoms with Gasteiger partial charge in [-0.1, -0.05) is 17.3 Å². The Morgan fingerprint density at radius 3 is 2.72 bits per heavy atom. The Morgan fingerprint density at radius 1 is 1.33 bits per heavy atom. The zero-order valence-electron chi connectivity index (χ0n) is 10.3. The summed E-state index contributed by atoms with van der Waals surface area (Å²) in [4.78, 5) is 12.0. The molecule has 94 valence electrons. The minimum atomic E-state index is 0.0682. The molecule has 0 spiro atoms. The van der Waals surface area contributed by atoms with Gasteiger partial charge in [0.05, 0.1) is 6.20 Å². The molecule has 0 fully saturated rings. The van der Waals surface area contributed by atoms with Crippen LogP contribution in [-0.2, 0) is 13.0 Å². The molecule has 0 bridgehead atoms. The van der Waals surface area contributed by atoms with E-state index in [0.717, 1.165) is 11.3 Å². The normalized spacial score (nSPS) is 10.5. The maximum atomic E-state index is 12.0. The number of nitrogens with two attached hydrogens (primary N) is 1. The number of ketones is 1. The summed E-state index contributed by atoms with van der Waals surface area (Å²) in [7, 11) is 0. The summed E-state index contributed by atoms with van der Waals surface area (Å²) in [6, 6.07) is 7.57. The number of benzene rings is 1. The quantitative estimate of drug-likeness (QED) is 0.641. The largest absolute Gasteiger partial charge is 0.399 e. The first-order valence-corrected chi connectivity index (χ1v) is 5.97. The lowest BCUT2D eigenvalue weighted by Gasteiger charge is -2.03. The van der Waals surface area contributed by atoms with Crippen LogP contribution < -0.4 is 5.73 Å². The van der Waals surface area contributed by atoms with E-state index in [0.29, 0.717) is 25.1 Å². The van der Waals surface area contributed by atoms with Gasteiger partial charge < -0.3 is 5.73 Å². The van der Waals surface area contributed by atoms with Gasteiger partial charge in [-0.15, -0.1) is 5.10 Å². The summed E-state index contributed by atoms with van der Waals surface area (Å²) >= 11 is 0. The molecule has 0 saturated heterocycles. The van der Waals surface area contributed by atoms with Gasteiger partial charge in [0, 0.05) is 18.7 Å². The number of carbonyl (C=O) groups excluding carboxylic acids is 1. The van der Waals surface area contributed by atoms with Crippen molar-refractivity contribution in [2.75, 3.05) is 5.73 Å². The van der Waals surface area contributed by atoms with Gasteiger partial charge in [-0.05, 0) is 31.0 Å². The van der Waals surface area contributed by atoms with E-state index in [2.05, 4.69) is 10.3 Å². The zero-order valence-corrected chi connectivity index (χ0v) is 10.3. The van der Waals surface area contributed by atoms with Crippen molar-refractivity contribution in [2.45, 2.75) is 26.3 Å². The minimum absolute atomic E-state index is 0.0682. The van der Waals surface area contributed by atoms with Gasteiger partial charge in [-0.3, -0.25) is 4.79 Å². The Morgan fingerprint density at radius 2 is 2.06 bits per heavy atom. The Kier molecular flexibility index (Phi) is 3.72. The molecular weight excluding hydrogens is 228 g/mol. The highest BCUT2D eigenvalue weighted by molar-refractivity contribution is 5.94. The highest BCUT2D eigenvalue weighted by atomic mass is 16.1. The van der Waals surface area contributed by atoms with Crippen LogP contribution in [0.4, 0.5) is 5.69 Å². The average Bonchev–Trinajstić information content (AvgIpc) is 2.86. The Bertz CT molecular complexity index is 530. The highest BCUT2D eigenvalue weighted by Gasteiger charge is 2.11. The number of nitrogen functional groups attached to an aromatic ring is 1. The zero-order chi connectivity index (χ0) is 13.0. The lowest BCUT2D eigenvalue weighted by Crippen LogP contribution is -2.10. The number of aromatic nitrogens is 3. The van der Waals surface area contributed by atoms with Crippen LogP contribution in [0.1, 0.15) is 29.4 Å². The molecule has 0 unspecified atom stereocenters. The number of hydrogen-bond donors (Lipinski definition) is 1. The summed E-state index contributed by atoms with van der Waals surface area (Å²) in [5.74, 6) is 0.0682. The van der Waals surface area contributed by atoms with Crippen molar-refractivity contribution in [1.82, 2.24) is 15.0 Å². The smallest absolute Gasteiger partial charge is 0.182 e. The summed E-state index contributed by atoms with van der Waals surface area (Å²) in [5.41, 5.74) is 8.03. The van der Waals surface area contributed by atoms with Gasteiger partial charge >= 0.3 is 0 Å². The molecule has 5 heteroatoms. The molecule has 5 nitrogen and oxygen atoms in total. The van der Waals surface area contributed by atoms with Gasteiger partial charge in [-0.25, -0.2) is 4.68 Å². The number of Topliss-reactive ketones (excluding diaryl/α,β-unsaturated/α-hetero) is 1. The van der Waals surface area contributed by atoms with Crippen molar-refractivity contribution in [3.8, 4) is 0 Å². The molecule has 0 aliphatic heterocycles. The van der Waals surface area contributed by atoms with Crippen LogP contribution in [0, 0.1) is 0 Å². The van der Waals surface area contributed by atoms with Crippen LogP contribution >= 0.6 is 0 Å². The molecule has 2 N–H and O–H groups in total. The Labute approximate surface area is 106 Å². The molecule has 0 atom stereocenters. The second kappa shape index (κ2) is 5.44. The SMILES string of the molecule is CCn1nncc1C(=O)CCc1ccc(N)cc1. The fourth-order valence-corrected chi connectivity index (χ4v) is 1.78. The summed E-state index contributed by atoms with van der Waals surface area (Å²) in [5, 5.41) is 7.61. The molecule has 0 aliphatic carbocycles. The number of rotatable bonds is 5. The van der Waals surface area contributed by atoms with E-state index in [1.54, 1.807) is 4.68 Å². The fraction of sp³-hybridized carbons (Fsp3) is 0.308. The monoisotopic (exact) mass is 244 g/mol. The van der Waals surface area contributed by atoms with Crippen LogP contribution in [0.3, 0.4) is 0 Å². The Hall–Kier alpha value is -2.17. The first-order chi connectivity index (χ1) is 8.70. The predicted octanol–water partition coefficient (Wildman–Crippen LogP) is 1.70. The predicted molar refractivity (Wildman–Crippen MR) is 69.2 cm³/mol. The molecular formula is C13H16N4O. The lowest BCUT2D eigenvalue weighted by molar-refractivity contribution is 0.0972. The fourth-order valence-electron chi connectivity index (χ4n) is 1.78. The second-order valence-electron chi connectivity index (χ2n) is 4.10. The average molecular weight is 244 g/mol. The van der Waals surface area contributed by atoms with Crippen LogP contribution in [0.15, 0.2) is 30.5 Å². The molecule has 1 aromatic heterocycles. The van der Waals surface area contributed by atoms with E-state index in [9.17, 15) is 4.79 Å². The van der Waals surface area contributed by atoms with E-state index in [1.165, 1.54) is 6.20 Å². The molecule has 1 heterocycles. The molecule has 0 aliphatic rings. The van der Waals surface area contributed by atoms with E-state index >= 15 is 0 Å². The first-order valence-electron chi connectivity index (χ1n) is 5.97. The first kappa shape index (κ1) is 12.3. The maximum Gasteiger partial charge on any atom is 0.182 e. The summed E-state index contributed by atoms with van der Waals surface area (Å²) < 4.78 is 1.62. The van der Waals surface area contributed by atoms with Crippen LogP contribution in [0.25, 0.3) is 0 Å². The van der Waals surface area contributed by atoms with Crippen molar-refractivity contribution in [2.24, 2.45) is 0 Å². The second-order valence-corrected chi connectivity index (χ2v) is 4.10. The van der Waals surface area contributed by atoms with Gasteiger partial charge in [-0.2, -0.15) is 0 Å². The number of hydrogen-bond acceptors (Lipinski definition) is 4. The third-order valence-electron chi connectivity index (χ3n) is 2.82. The van der Waals surface area contributed by atoms with Gasteiger partial charge in [0.1, 0.15) is 5.69 Å². The molecule has 0 amide bonds. The standard InChI is InChI=1S/C13H16N4O/c1-2-17-12(9-15-16-17)13(18)8-5-10-3-6-11(14)7-4-10/h3-4,6-7,9H,2,5,8,14H2,1H3. The van der Waals surface area contributed by atoms with E-state index in [-0.39, 0.29) is 5.78 Å². The molecule has 2 aromatic rings. The van der Waals surface area contributed by atoms with Crippen LogP contribution in [-0.4, -0.2) is 20.8 Å². The van der Waals surface area contributed by atoms with E-state index < -0.39 is 0 Å². The van der Waals surface area contributed by atoms with Crippen LogP contribution in [0.2, 0.25) is 0 Å². The summed E-state index contributed by atoms with van der Waals surface area (Å²) in [6.45, 7) is 2.59. The third-order valence-corrected chi connectivity index (χ3v) is 2.82. The minimum Gasteiger partial charge on any atom is -0.399 e. The molecule has 1 aromatic carbocycles. The van der Waals surface area contributed by atoms with E-state index in [4.69, 9.17) is 5.73 Å². The number of nitrogens with zero attached hydrogens (tertiary/aromatic N) is 3. The Balaban J connectivity index is 1.98. The van der Waals surface area contributed by atoms with Crippen molar-refractivity contribution < 1.29 is 4.79 Å².